The fourth-order valence-corrected chi connectivity index (χ4v) is 3.16. The van der Waals surface area contributed by atoms with Crippen LogP contribution in [-0.4, -0.2) is 17.4 Å². The van der Waals surface area contributed by atoms with Crippen molar-refractivity contribution < 1.29 is 4.79 Å². The topological polar surface area (TPSA) is 17.1 Å². The molecule has 1 unspecified atom stereocenters. The number of carbonyl (C=O) groups excluding carboxylic acids is 1. The Morgan fingerprint density at radius 3 is 2.20 bits per heavy atom. The van der Waals surface area contributed by atoms with Gasteiger partial charge in [-0.3, -0.25) is 4.79 Å². The molecule has 0 aliphatic heterocycles. The Balaban J connectivity index is 2.09. The van der Waals surface area contributed by atoms with Crippen LogP contribution in [-0.2, 0) is 4.79 Å². The van der Waals surface area contributed by atoms with Crippen LogP contribution in [0.3, 0.4) is 0 Å². The number of ketones is 1. The maximum atomic E-state index is 12.1. The second-order valence-corrected chi connectivity index (χ2v) is 5.93. The van der Waals surface area contributed by atoms with E-state index in [1.165, 1.54) is 4.90 Å². The average molecular weight is 301 g/mol. The number of carbonyl (C=O) groups is 1. The van der Waals surface area contributed by atoms with Gasteiger partial charge in [-0.25, -0.2) is 0 Å². The van der Waals surface area contributed by atoms with Gasteiger partial charge in [0.15, 0.2) is 5.78 Å². The lowest BCUT2D eigenvalue weighted by molar-refractivity contribution is -0.113. The SMILES string of the molecule is CSc1ccc(C2=C(c3ccccc3)C(=O)C2Cl)cc1. The zero-order valence-electron chi connectivity index (χ0n) is 11.0. The summed E-state index contributed by atoms with van der Waals surface area (Å²) in [5, 5.41) is -0.523. The molecule has 1 aliphatic rings. The van der Waals surface area contributed by atoms with Crippen molar-refractivity contribution in [2.45, 2.75) is 10.3 Å². The van der Waals surface area contributed by atoms with E-state index in [2.05, 4.69) is 12.1 Å². The minimum atomic E-state index is -0.523. The lowest BCUT2D eigenvalue weighted by atomic mass is 9.78. The van der Waals surface area contributed by atoms with E-state index < -0.39 is 5.38 Å². The Kier molecular flexibility index (Phi) is 3.68. The zero-order chi connectivity index (χ0) is 14.1. The van der Waals surface area contributed by atoms with Crippen LogP contribution in [0.15, 0.2) is 59.5 Å². The van der Waals surface area contributed by atoms with E-state index in [0.717, 1.165) is 22.3 Å². The van der Waals surface area contributed by atoms with E-state index in [0.29, 0.717) is 0 Å². The molecule has 1 aliphatic carbocycles. The third kappa shape index (κ3) is 2.19. The molecule has 20 heavy (non-hydrogen) atoms. The summed E-state index contributed by atoms with van der Waals surface area (Å²) in [7, 11) is 0. The quantitative estimate of drug-likeness (QED) is 0.613. The van der Waals surface area contributed by atoms with Crippen LogP contribution in [0, 0.1) is 0 Å². The van der Waals surface area contributed by atoms with Crippen molar-refractivity contribution in [1.29, 1.82) is 0 Å². The molecule has 2 aromatic rings. The first-order valence-corrected chi connectivity index (χ1v) is 8.01. The molecule has 1 nitrogen and oxygen atoms in total. The predicted octanol–water partition coefficient (Wildman–Crippen LogP) is 4.51. The van der Waals surface area contributed by atoms with Crippen molar-refractivity contribution in [3.05, 3.63) is 65.7 Å². The first-order chi connectivity index (χ1) is 9.72. The lowest BCUT2D eigenvalue weighted by Gasteiger charge is -2.28. The molecule has 0 aromatic heterocycles. The lowest BCUT2D eigenvalue weighted by Crippen LogP contribution is -2.30. The Morgan fingerprint density at radius 1 is 0.950 bits per heavy atom. The predicted molar refractivity (Wildman–Crippen MR) is 86.1 cm³/mol. The van der Waals surface area contributed by atoms with Gasteiger partial charge in [0.25, 0.3) is 0 Å². The average Bonchev–Trinajstić information content (AvgIpc) is 2.52. The van der Waals surface area contributed by atoms with Gasteiger partial charge in [-0.15, -0.1) is 23.4 Å². The normalized spacial score (nSPS) is 18.1. The third-order valence-electron chi connectivity index (χ3n) is 3.46. The van der Waals surface area contributed by atoms with E-state index >= 15 is 0 Å². The van der Waals surface area contributed by atoms with Gasteiger partial charge in [0, 0.05) is 10.5 Å². The van der Waals surface area contributed by atoms with Crippen molar-refractivity contribution in [3.8, 4) is 0 Å². The molecule has 0 spiro atoms. The molecule has 0 bridgehead atoms. The summed E-state index contributed by atoms with van der Waals surface area (Å²) in [6, 6.07) is 17.9. The first kappa shape index (κ1) is 13.5. The Labute approximate surface area is 127 Å². The summed E-state index contributed by atoms with van der Waals surface area (Å²) in [5.74, 6) is 0.0156. The fraction of sp³-hybridized carbons (Fsp3) is 0.118. The van der Waals surface area contributed by atoms with Crippen LogP contribution in [0.1, 0.15) is 11.1 Å². The van der Waals surface area contributed by atoms with E-state index in [9.17, 15) is 4.79 Å². The summed E-state index contributed by atoms with van der Waals surface area (Å²) in [5.41, 5.74) is 3.66. The summed E-state index contributed by atoms with van der Waals surface area (Å²) < 4.78 is 0. The van der Waals surface area contributed by atoms with Gasteiger partial charge < -0.3 is 0 Å². The third-order valence-corrected chi connectivity index (χ3v) is 4.62. The van der Waals surface area contributed by atoms with Gasteiger partial charge in [0.2, 0.25) is 0 Å². The van der Waals surface area contributed by atoms with E-state index in [-0.39, 0.29) is 5.78 Å². The number of thioether (sulfide) groups is 1. The highest BCUT2D eigenvalue weighted by Crippen LogP contribution is 2.43. The van der Waals surface area contributed by atoms with Crippen molar-refractivity contribution in [1.82, 2.24) is 0 Å². The largest absolute Gasteiger partial charge is 0.292 e. The van der Waals surface area contributed by atoms with Crippen molar-refractivity contribution in [2.75, 3.05) is 6.26 Å². The van der Waals surface area contributed by atoms with Crippen LogP contribution < -0.4 is 0 Å². The molecule has 3 heteroatoms. The summed E-state index contributed by atoms with van der Waals surface area (Å²) in [6.07, 6.45) is 2.04. The maximum absolute atomic E-state index is 12.1. The van der Waals surface area contributed by atoms with Crippen LogP contribution in [0.25, 0.3) is 11.1 Å². The minimum absolute atomic E-state index is 0.0156. The molecule has 0 fully saturated rings. The van der Waals surface area contributed by atoms with Crippen LogP contribution in [0.2, 0.25) is 0 Å². The van der Waals surface area contributed by atoms with Gasteiger partial charge in [0.05, 0.1) is 0 Å². The first-order valence-electron chi connectivity index (χ1n) is 6.34. The molecule has 3 rings (SSSR count). The molecule has 0 saturated heterocycles. The number of hydrogen-bond acceptors (Lipinski definition) is 2. The van der Waals surface area contributed by atoms with Gasteiger partial charge in [-0.05, 0) is 35.1 Å². The summed E-state index contributed by atoms with van der Waals surface area (Å²) in [6.45, 7) is 0. The highest BCUT2D eigenvalue weighted by Gasteiger charge is 2.38. The molecule has 0 heterocycles. The van der Waals surface area contributed by atoms with Gasteiger partial charge in [-0.1, -0.05) is 42.5 Å². The number of hydrogen-bond donors (Lipinski definition) is 0. The fourth-order valence-electron chi connectivity index (χ4n) is 2.40. The highest BCUT2D eigenvalue weighted by atomic mass is 35.5. The number of rotatable bonds is 3. The maximum Gasteiger partial charge on any atom is 0.186 e. The molecule has 0 saturated carbocycles. The van der Waals surface area contributed by atoms with Crippen molar-refractivity contribution >= 4 is 40.3 Å². The zero-order valence-corrected chi connectivity index (χ0v) is 12.5. The number of alkyl halides is 1. The minimum Gasteiger partial charge on any atom is -0.292 e. The van der Waals surface area contributed by atoms with Gasteiger partial charge in [0.1, 0.15) is 5.38 Å². The highest BCUT2D eigenvalue weighted by molar-refractivity contribution is 7.98. The number of halogens is 1. The number of benzene rings is 2. The number of allylic oxidation sites excluding steroid dienone is 2. The van der Waals surface area contributed by atoms with E-state index in [4.69, 9.17) is 11.6 Å². The van der Waals surface area contributed by atoms with Crippen molar-refractivity contribution in [3.63, 3.8) is 0 Å². The molecule has 100 valence electrons. The summed E-state index contributed by atoms with van der Waals surface area (Å²) >= 11 is 7.90. The molecule has 0 radical (unpaired) electrons. The smallest absolute Gasteiger partial charge is 0.186 e. The Hall–Kier alpha value is -1.51. The second-order valence-electron chi connectivity index (χ2n) is 4.61. The Bertz CT molecular complexity index is 674. The monoisotopic (exact) mass is 300 g/mol. The number of Topliss-reactive ketones (excluding diaryl/α,β-unsaturated/α-hetero) is 1. The van der Waals surface area contributed by atoms with Crippen molar-refractivity contribution in [2.24, 2.45) is 0 Å². The molecule has 0 amide bonds. The second kappa shape index (κ2) is 5.47. The van der Waals surface area contributed by atoms with E-state index in [1.807, 2.05) is 48.7 Å². The molecular weight excluding hydrogens is 288 g/mol. The summed E-state index contributed by atoms with van der Waals surface area (Å²) in [4.78, 5) is 13.3. The van der Waals surface area contributed by atoms with E-state index in [1.54, 1.807) is 11.8 Å². The van der Waals surface area contributed by atoms with Crippen LogP contribution >= 0.6 is 23.4 Å². The molecule has 0 N–H and O–H groups in total. The van der Waals surface area contributed by atoms with Gasteiger partial charge >= 0.3 is 0 Å². The molecule has 2 aromatic carbocycles. The van der Waals surface area contributed by atoms with Gasteiger partial charge in [-0.2, -0.15) is 0 Å². The standard InChI is InChI=1S/C17H13ClOS/c1-20-13-9-7-12(8-10-13)14-15(17(19)16(14)18)11-5-3-2-4-6-11/h2-10,16H,1H3. The molecular formula is C17H13ClOS. The van der Waals surface area contributed by atoms with Crippen LogP contribution in [0.5, 0.6) is 0 Å². The molecule has 1 atom stereocenters. The Morgan fingerprint density at radius 2 is 1.60 bits per heavy atom. The van der Waals surface area contributed by atoms with Crippen LogP contribution in [0.4, 0.5) is 0 Å².